The summed E-state index contributed by atoms with van der Waals surface area (Å²) < 4.78 is 14.9. The summed E-state index contributed by atoms with van der Waals surface area (Å²) in [6.45, 7) is 0.576. The van der Waals surface area contributed by atoms with Crippen molar-refractivity contribution < 1.29 is 4.39 Å². The van der Waals surface area contributed by atoms with Gasteiger partial charge in [-0.05, 0) is 18.2 Å². The highest BCUT2D eigenvalue weighted by atomic mass is 35.5. The van der Waals surface area contributed by atoms with Crippen molar-refractivity contribution in [2.75, 3.05) is 23.7 Å². The second kappa shape index (κ2) is 6.82. The number of anilines is 2. The number of hydrogen-bond donors (Lipinski definition) is 1. The first-order chi connectivity index (χ1) is 14.0. The Kier molecular flexibility index (Phi) is 4.25. The van der Waals surface area contributed by atoms with Crippen LogP contribution in [0.3, 0.4) is 0 Å². The molecule has 1 saturated heterocycles. The lowest BCUT2D eigenvalue weighted by Gasteiger charge is -2.35. The molecular formula is C19H14Cl2FN7. The molecule has 7 nitrogen and oxygen atoms in total. The van der Waals surface area contributed by atoms with E-state index in [1.807, 2.05) is 0 Å². The summed E-state index contributed by atoms with van der Waals surface area (Å²) in [5.74, 6) is 1.20. The number of nitrogen functional groups attached to an aromatic ring is 1. The molecule has 1 aliphatic heterocycles. The predicted molar refractivity (Wildman–Crippen MR) is 111 cm³/mol. The highest BCUT2D eigenvalue weighted by molar-refractivity contribution is 6.37. The van der Waals surface area contributed by atoms with Crippen molar-refractivity contribution in [1.82, 2.24) is 24.7 Å². The van der Waals surface area contributed by atoms with Gasteiger partial charge in [-0.3, -0.25) is 4.98 Å². The van der Waals surface area contributed by atoms with E-state index in [2.05, 4.69) is 20.1 Å². The van der Waals surface area contributed by atoms with Crippen LogP contribution >= 0.6 is 23.2 Å². The van der Waals surface area contributed by atoms with Crippen molar-refractivity contribution in [1.29, 1.82) is 0 Å². The Hall–Kier alpha value is -2.97. The Labute approximate surface area is 174 Å². The Morgan fingerprint density at radius 3 is 2.59 bits per heavy atom. The van der Waals surface area contributed by atoms with Crippen LogP contribution in [0.5, 0.6) is 0 Å². The van der Waals surface area contributed by atoms with E-state index in [9.17, 15) is 4.39 Å². The second-order valence-electron chi connectivity index (χ2n) is 6.71. The van der Waals surface area contributed by atoms with Gasteiger partial charge in [0.15, 0.2) is 5.82 Å². The summed E-state index contributed by atoms with van der Waals surface area (Å²) in [5, 5.41) is 6.23. The van der Waals surface area contributed by atoms with Gasteiger partial charge >= 0.3 is 0 Å². The van der Waals surface area contributed by atoms with Gasteiger partial charge in [0.2, 0.25) is 0 Å². The molecule has 2 N–H and O–H groups in total. The highest BCUT2D eigenvalue weighted by Crippen LogP contribution is 2.32. The zero-order valence-electron chi connectivity index (χ0n) is 14.9. The van der Waals surface area contributed by atoms with Crippen LogP contribution in [-0.2, 0) is 0 Å². The number of alkyl halides is 1. The van der Waals surface area contributed by atoms with Gasteiger partial charge in [0.1, 0.15) is 29.2 Å². The molecule has 0 radical (unpaired) electrons. The predicted octanol–water partition coefficient (Wildman–Crippen LogP) is 3.92. The molecule has 0 bridgehead atoms. The van der Waals surface area contributed by atoms with Gasteiger partial charge in [-0.15, -0.1) is 0 Å². The lowest BCUT2D eigenvalue weighted by Crippen LogP contribution is -2.48. The van der Waals surface area contributed by atoms with E-state index in [0.29, 0.717) is 44.0 Å². The van der Waals surface area contributed by atoms with Crippen molar-refractivity contribution in [2.45, 2.75) is 6.17 Å². The molecule has 0 unspecified atom stereocenters. The van der Waals surface area contributed by atoms with Crippen LogP contribution in [0.15, 0.2) is 42.7 Å². The minimum Gasteiger partial charge on any atom is -0.384 e. The maximum atomic E-state index is 13.3. The zero-order valence-corrected chi connectivity index (χ0v) is 16.4. The average molecular weight is 430 g/mol. The minimum absolute atomic E-state index is 0.285. The first-order valence-electron chi connectivity index (χ1n) is 8.82. The third-order valence-corrected chi connectivity index (χ3v) is 5.32. The molecule has 4 aromatic rings. The van der Waals surface area contributed by atoms with Gasteiger partial charge in [0.05, 0.1) is 28.7 Å². The maximum Gasteiger partial charge on any atom is 0.182 e. The van der Waals surface area contributed by atoms with Crippen LogP contribution in [0, 0.1) is 0 Å². The summed E-state index contributed by atoms with van der Waals surface area (Å²) >= 11 is 12.6. The molecule has 4 heterocycles. The normalized spacial score (nSPS) is 14.4. The summed E-state index contributed by atoms with van der Waals surface area (Å²) in [6, 6.07) is 8.66. The highest BCUT2D eigenvalue weighted by Gasteiger charge is 2.28. The number of benzene rings is 1. The number of para-hydroxylation sites is 1. The number of pyridine rings is 1. The maximum absolute atomic E-state index is 13.3. The lowest BCUT2D eigenvalue weighted by molar-refractivity contribution is 0.273. The molecular weight excluding hydrogens is 416 g/mol. The monoisotopic (exact) mass is 429 g/mol. The van der Waals surface area contributed by atoms with Crippen LogP contribution in [0.4, 0.5) is 16.0 Å². The number of aromatic nitrogens is 5. The molecule has 0 atom stereocenters. The van der Waals surface area contributed by atoms with Crippen LogP contribution in [0.25, 0.3) is 28.1 Å². The molecule has 0 aliphatic carbocycles. The van der Waals surface area contributed by atoms with E-state index in [-0.39, 0.29) is 18.9 Å². The first kappa shape index (κ1) is 18.1. The van der Waals surface area contributed by atoms with E-state index in [0.717, 1.165) is 0 Å². The summed E-state index contributed by atoms with van der Waals surface area (Å²) in [5.41, 5.74) is 7.73. The first-order valence-corrected chi connectivity index (χ1v) is 9.58. The fraction of sp³-hybridized carbons (Fsp3) is 0.158. The molecule has 0 spiro atoms. The second-order valence-corrected chi connectivity index (χ2v) is 7.53. The van der Waals surface area contributed by atoms with Gasteiger partial charge in [0, 0.05) is 23.8 Å². The van der Waals surface area contributed by atoms with Crippen molar-refractivity contribution in [3.05, 3.63) is 52.8 Å². The zero-order chi connectivity index (χ0) is 20.1. The Morgan fingerprint density at radius 2 is 1.86 bits per heavy atom. The van der Waals surface area contributed by atoms with Crippen LogP contribution in [-0.4, -0.2) is 44.0 Å². The Bertz CT molecular complexity index is 1220. The number of halogens is 3. The van der Waals surface area contributed by atoms with E-state index in [1.165, 1.54) is 0 Å². The standard InChI is InChI=1S/C19H14Cl2FN7/c20-12-2-1-3-13(21)18(12)29-9-11-14(27-29)4-5-24-17(11)19-25-15(23)6-16(26-19)28-7-10(22)8-28/h1-6,9-10H,7-8H2,(H2,23,25,26). The van der Waals surface area contributed by atoms with Crippen molar-refractivity contribution >= 4 is 45.7 Å². The lowest BCUT2D eigenvalue weighted by atomic mass is 10.2. The Balaban J connectivity index is 1.64. The third kappa shape index (κ3) is 3.14. The minimum atomic E-state index is -0.852. The molecule has 0 saturated carbocycles. The average Bonchev–Trinajstić information content (AvgIpc) is 3.08. The largest absolute Gasteiger partial charge is 0.384 e. The summed E-state index contributed by atoms with van der Waals surface area (Å²) in [6.07, 6.45) is 2.55. The van der Waals surface area contributed by atoms with Crippen molar-refractivity contribution in [3.63, 3.8) is 0 Å². The van der Waals surface area contributed by atoms with Crippen LogP contribution in [0.2, 0.25) is 10.0 Å². The SMILES string of the molecule is Nc1cc(N2CC(F)C2)nc(-c2nccc3nn(-c4c(Cl)cccc4Cl)cc23)n1. The molecule has 1 fully saturated rings. The molecule has 3 aromatic heterocycles. The van der Waals surface area contributed by atoms with Crippen molar-refractivity contribution in [2.24, 2.45) is 0 Å². The summed E-state index contributed by atoms with van der Waals surface area (Å²) in [7, 11) is 0. The smallest absolute Gasteiger partial charge is 0.182 e. The number of rotatable bonds is 3. The molecule has 0 amide bonds. The number of hydrogen-bond acceptors (Lipinski definition) is 6. The van der Waals surface area contributed by atoms with Gasteiger partial charge in [0.25, 0.3) is 0 Å². The molecule has 10 heteroatoms. The number of fused-ring (bicyclic) bond motifs is 1. The van der Waals surface area contributed by atoms with E-state index >= 15 is 0 Å². The summed E-state index contributed by atoms with van der Waals surface area (Å²) in [4.78, 5) is 15.1. The number of nitrogens with zero attached hydrogens (tertiary/aromatic N) is 6. The van der Waals surface area contributed by atoms with Gasteiger partial charge in [-0.1, -0.05) is 29.3 Å². The van der Waals surface area contributed by atoms with Gasteiger partial charge < -0.3 is 10.6 Å². The van der Waals surface area contributed by atoms with E-state index in [4.69, 9.17) is 28.9 Å². The topological polar surface area (TPSA) is 85.8 Å². The quantitative estimate of drug-likeness (QED) is 0.530. The fourth-order valence-corrected chi connectivity index (χ4v) is 3.85. The fourth-order valence-electron chi connectivity index (χ4n) is 3.28. The molecule has 146 valence electrons. The van der Waals surface area contributed by atoms with E-state index in [1.54, 1.807) is 52.3 Å². The van der Waals surface area contributed by atoms with Gasteiger partial charge in [-0.25, -0.2) is 19.0 Å². The van der Waals surface area contributed by atoms with Crippen LogP contribution in [0.1, 0.15) is 0 Å². The molecule has 5 rings (SSSR count). The third-order valence-electron chi connectivity index (χ3n) is 4.71. The molecule has 1 aromatic carbocycles. The van der Waals surface area contributed by atoms with Crippen molar-refractivity contribution in [3.8, 4) is 17.2 Å². The molecule has 29 heavy (non-hydrogen) atoms. The van der Waals surface area contributed by atoms with Gasteiger partial charge in [-0.2, -0.15) is 5.10 Å². The van der Waals surface area contributed by atoms with Crippen LogP contribution < -0.4 is 10.6 Å². The Morgan fingerprint density at radius 1 is 1.10 bits per heavy atom. The molecule has 1 aliphatic rings. The number of nitrogens with two attached hydrogens (primary N) is 1. The van der Waals surface area contributed by atoms with E-state index < -0.39 is 6.17 Å².